The van der Waals surface area contributed by atoms with Crippen LogP contribution in [0, 0.1) is 0 Å². The number of pyridine rings is 1. The molecular weight excluding hydrogens is 340 g/mol. The second-order valence-electron chi connectivity index (χ2n) is 7.75. The van der Waals surface area contributed by atoms with Gasteiger partial charge in [0.25, 0.3) is 5.91 Å². The van der Waals surface area contributed by atoms with E-state index in [9.17, 15) is 4.79 Å². The van der Waals surface area contributed by atoms with Crippen molar-refractivity contribution in [2.24, 2.45) is 0 Å². The molecule has 2 aliphatic rings. The number of nitrogens with one attached hydrogen (secondary N) is 2. The normalized spacial score (nSPS) is 19.5. The first-order chi connectivity index (χ1) is 13.1. The Bertz CT molecular complexity index is 797. The molecule has 1 saturated heterocycles. The van der Waals surface area contributed by atoms with Crippen LogP contribution in [-0.4, -0.2) is 59.2 Å². The molecule has 27 heavy (non-hydrogen) atoms. The van der Waals surface area contributed by atoms with E-state index in [2.05, 4.69) is 26.6 Å². The number of H-pyrrole nitrogens is 1. The van der Waals surface area contributed by atoms with E-state index in [1.165, 1.54) is 0 Å². The van der Waals surface area contributed by atoms with Crippen LogP contribution in [0.25, 0.3) is 0 Å². The molecule has 2 aromatic rings. The molecule has 0 radical (unpaired) electrons. The number of fused-ring (bicyclic) bond motifs is 1. The van der Waals surface area contributed by atoms with Gasteiger partial charge in [0.15, 0.2) is 5.69 Å². The molecule has 7 heteroatoms. The molecule has 2 aromatic heterocycles. The van der Waals surface area contributed by atoms with Gasteiger partial charge >= 0.3 is 0 Å². The fourth-order valence-corrected chi connectivity index (χ4v) is 4.06. The first kappa shape index (κ1) is 17.8. The van der Waals surface area contributed by atoms with Crippen molar-refractivity contribution in [3.8, 4) is 0 Å². The topological polar surface area (TPSA) is 77.1 Å². The summed E-state index contributed by atoms with van der Waals surface area (Å²) < 4.78 is 0. The third kappa shape index (κ3) is 3.77. The maximum Gasteiger partial charge on any atom is 0.274 e. The van der Waals surface area contributed by atoms with Crippen molar-refractivity contribution in [2.75, 3.05) is 37.4 Å². The zero-order chi connectivity index (χ0) is 18.8. The number of rotatable bonds is 4. The van der Waals surface area contributed by atoms with Gasteiger partial charge in [-0.05, 0) is 50.7 Å². The van der Waals surface area contributed by atoms with Crippen LogP contribution in [-0.2, 0) is 12.8 Å². The van der Waals surface area contributed by atoms with E-state index in [0.29, 0.717) is 11.7 Å². The van der Waals surface area contributed by atoms with E-state index in [0.717, 1.165) is 74.4 Å². The molecule has 0 saturated carbocycles. The summed E-state index contributed by atoms with van der Waals surface area (Å²) in [5, 5.41) is 10.9. The molecule has 3 heterocycles. The zero-order valence-corrected chi connectivity index (χ0v) is 16.2. The number of aromatic nitrogens is 3. The lowest BCUT2D eigenvalue weighted by Crippen LogP contribution is -2.33. The first-order valence-corrected chi connectivity index (χ1v) is 9.87. The Morgan fingerprint density at radius 3 is 2.89 bits per heavy atom. The monoisotopic (exact) mass is 368 g/mol. The highest BCUT2D eigenvalue weighted by Gasteiger charge is 2.28. The van der Waals surface area contributed by atoms with Crippen molar-refractivity contribution in [1.29, 1.82) is 0 Å². The van der Waals surface area contributed by atoms with Crippen molar-refractivity contribution >= 4 is 17.4 Å². The molecule has 0 bridgehead atoms. The number of hydrogen-bond acceptors (Lipinski definition) is 5. The molecule has 1 aliphatic carbocycles. The number of likely N-dealkylation sites (tertiary alicyclic amines) is 1. The van der Waals surface area contributed by atoms with E-state index >= 15 is 0 Å². The van der Waals surface area contributed by atoms with Gasteiger partial charge in [-0.15, -0.1) is 0 Å². The number of amides is 1. The summed E-state index contributed by atoms with van der Waals surface area (Å²) >= 11 is 0. The summed E-state index contributed by atoms with van der Waals surface area (Å²) in [7, 11) is 3.97. The van der Waals surface area contributed by atoms with Crippen molar-refractivity contribution in [1.82, 2.24) is 20.1 Å². The Morgan fingerprint density at radius 1 is 1.22 bits per heavy atom. The third-order valence-corrected chi connectivity index (χ3v) is 5.60. The molecule has 1 aliphatic heterocycles. The predicted octanol–water partition coefficient (Wildman–Crippen LogP) is 2.47. The minimum atomic E-state index is 0.0899. The Balaban J connectivity index is 1.36. The Labute approximate surface area is 160 Å². The Hall–Kier alpha value is -2.57. The van der Waals surface area contributed by atoms with E-state index < -0.39 is 0 Å². The number of carbonyl (C=O) groups excluding carboxylic acids is 1. The Kier molecular flexibility index (Phi) is 5.01. The average Bonchev–Trinajstić information content (AvgIpc) is 3.20. The van der Waals surface area contributed by atoms with Crippen LogP contribution >= 0.6 is 0 Å². The number of anilines is 2. The lowest BCUT2D eigenvalue weighted by atomic mass is 10.1. The molecule has 0 unspecified atom stereocenters. The van der Waals surface area contributed by atoms with Crippen LogP contribution in [0.5, 0.6) is 0 Å². The highest BCUT2D eigenvalue weighted by molar-refractivity contribution is 5.94. The summed E-state index contributed by atoms with van der Waals surface area (Å²) in [5.41, 5.74) is 3.99. The molecule has 144 valence electrons. The summed E-state index contributed by atoms with van der Waals surface area (Å²) in [5.74, 6) is 1.04. The van der Waals surface area contributed by atoms with Crippen LogP contribution in [0.15, 0.2) is 18.3 Å². The molecule has 7 nitrogen and oxygen atoms in total. The highest BCUT2D eigenvalue weighted by atomic mass is 16.2. The number of aryl methyl sites for hydroxylation is 1. The largest absolute Gasteiger partial charge is 0.381 e. The SMILES string of the molecule is CN(C)c1ccc(N[C@@H]2CCCN(C(=O)c3n[nH]c4c3CCC4)CC2)cn1. The van der Waals surface area contributed by atoms with Crippen LogP contribution in [0.1, 0.15) is 47.4 Å². The van der Waals surface area contributed by atoms with Crippen molar-refractivity contribution in [2.45, 2.75) is 44.6 Å². The van der Waals surface area contributed by atoms with Gasteiger partial charge in [-0.2, -0.15) is 5.10 Å². The molecule has 0 aromatic carbocycles. The number of nitrogens with zero attached hydrogens (tertiary/aromatic N) is 4. The number of carbonyl (C=O) groups is 1. The smallest absolute Gasteiger partial charge is 0.274 e. The molecule has 1 atom stereocenters. The fraction of sp³-hybridized carbons (Fsp3) is 0.550. The van der Waals surface area contributed by atoms with Gasteiger partial charge in [-0.25, -0.2) is 4.98 Å². The maximum atomic E-state index is 12.9. The lowest BCUT2D eigenvalue weighted by Gasteiger charge is -2.21. The van der Waals surface area contributed by atoms with E-state index in [4.69, 9.17) is 0 Å². The van der Waals surface area contributed by atoms with E-state index in [1.807, 2.05) is 36.2 Å². The molecule has 4 rings (SSSR count). The van der Waals surface area contributed by atoms with Gasteiger partial charge in [0.05, 0.1) is 11.9 Å². The first-order valence-electron chi connectivity index (χ1n) is 9.87. The van der Waals surface area contributed by atoms with Crippen LogP contribution in [0.2, 0.25) is 0 Å². The van der Waals surface area contributed by atoms with E-state index in [-0.39, 0.29) is 5.91 Å². The van der Waals surface area contributed by atoms with Crippen molar-refractivity contribution in [3.63, 3.8) is 0 Å². The zero-order valence-electron chi connectivity index (χ0n) is 16.2. The van der Waals surface area contributed by atoms with Crippen molar-refractivity contribution < 1.29 is 4.79 Å². The molecule has 1 fully saturated rings. The quantitative estimate of drug-likeness (QED) is 0.867. The minimum absolute atomic E-state index is 0.0899. The van der Waals surface area contributed by atoms with Crippen LogP contribution in [0.4, 0.5) is 11.5 Å². The van der Waals surface area contributed by atoms with Gasteiger partial charge in [-0.1, -0.05) is 0 Å². The van der Waals surface area contributed by atoms with Gasteiger partial charge in [0.1, 0.15) is 5.82 Å². The second-order valence-corrected chi connectivity index (χ2v) is 7.75. The minimum Gasteiger partial charge on any atom is -0.381 e. The molecule has 0 spiro atoms. The molecular formula is C20H28N6O. The predicted molar refractivity (Wildman–Crippen MR) is 106 cm³/mol. The van der Waals surface area contributed by atoms with Gasteiger partial charge in [-0.3, -0.25) is 9.89 Å². The molecule has 2 N–H and O–H groups in total. The average molecular weight is 368 g/mol. The van der Waals surface area contributed by atoms with E-state index in [1.54, 1.807) is 0 Å². The van der Waals surface area contributed by atoms with Gasteiger partial charge in [0.2, 0.25) is 0 Å². The Morgan fingerprint density at radius 2 is 2.11 bits per heavy atom. The lowest BCUT2D eigenvalue weighted by molar-refractivity contribution is 0.0754. The summed E-state index contributed by atoms with van der Waals surface area (Å²) in [6.45, 7) is 1.57. The van der Waals surface area contributed by atoms with Gasteiger partial charge in [0, 0.05) is 44.5 Å². The number of hydrogen-bond donors (Lipinski definition) is 2. The van der Waals surface area contributed by atoms with Gasteiger partial charge < -0.3 is 15.1 Å². The fourth-order valence-electron chi connectivity index (χ4n) is 4.06. The van der Waals surface area contributed by atoms with Crippen LogP contribution in [0.3, 0.4) is 0 Å². The number of aromatic amines is 1. The molecule has 1 amide bonds. The van der Waals surface area contributed by atoms with Crippen LogP contribution < -0.4 is 10.2 Å². The standard InChI is InChI=1S/C20H28N6O/c1-25(2)18-9-8-15(13-21-18)22-14-5-4-11-26(12-10-14)20(27)19-16-6-3-7-17(16)23-24-19/h8-9,13-14,22H,3-7,10-12H2,1-2H3,(H,23,24)/t14-/m1/s1. The third-order valence-electron chi connectivity index (χ3n) is 5.60. The maximum absolute atomic E-state index is 12.9. The summed E-state index contributed by atoms with van der Waals surface area (Å²) in [6.07, 6.45) is 7.99. The second kappa shape index (κ2) is 7.58. The summed E-state index contributed by atoms with van der Waals surface area (Å²) in [6, 6.07) is 4.45. The summed E-state index contributed by atoms with van der Waals surface area (Å²) in [4.78, 5) is 21.4. The van der Waals surface area contributed by atoms with Crippen molar-refractivity contribution in [3.05, 3.63) is 35.3 Å². The highest BCUT2D eigenvalue weighted by Crippen LogP contribution is 2.25.